The van der Waals surface area contributed by atoms with Crippen LogP contribution in [0.1, 0.15) is 19.6 Å². The zero-order valence-corrected chi connectivity index (χ0v) is 11.5. The Labute approximate surface area is 113 Å². The average Bonchev–Trinajstić information content (AvgIpc) is 2.78. The molecular formula is C15H18ClNO. The first-order chi connectivity index (χ1) is 8.70. The predicted octanol–water partition coefficient (Wildman–Crippen LogP) is 4.14. The molecule has 96 valence electrons. The molecular weight excluding hydrogens is 246 g/mol. The molecule has 0 amide bonds. The third kappa shape index (κ3) is 3.15. The Bertz CT molecular complexity index is 507. The normalized spacial score (nSPS) is 12.6. The van der Waals surface area contributed by atoms with Crippen LogP contribution < -0.4 is 5.32 Å². The number of benzene rings is 1. The quantitative estimate of drug-likeness (QED) is 0.877. The Morgan fingerprint density at radius 1 is 1.22 bits per heavy atom. The Balaban J connectivity index is 2.13. The molecule has 0 radical (unpaired) electrons. The van der Waals surface area contributed by atoms with Gasteiger partial charge in [-0.1, -0.05) is 30.7 Å². The van der Waals surface area contributed by atoms with Gasteiger partial charge in [0.2, 0.25) is 0 Å². The van der Waals surface area contributed by atoms with Gasteiger partial charge < -0.3 is 9.73 Å². The summed E-state index contributed by atoms with van der Waals surface area (Å²) in [4.78, 5) is 0. The van der Waals surface area contributed by atoms with Gasteiger partial charge in [-0.2, -0.15) is 0 Å². The number of hydrogen-bond acceptors (Lipinski definition) is 2. The molecule has 0 aliphatic rings. The zero-order chi connectivity index (χ0) is 13.0. The Morgan fingerprint density at radius 3 is 2.72 bits per heavy atom. The van der Waals surface area contributed by atoms with E-state index in [4.69, 9.17) is 16.0 Å². The largest absolute Gasteiger partial charge is 0.461 e. The molecule has 3 heteroatoms. The van der Waals surface area contributed by atoms with E-state index >= 15 is 0 Å². The van der Waals surface area contributed by atoms with Crippen molar-refractivity contribution in [3.63, 3.8) is 0 Å². The summed E-state index contributed by atoms with van der Waals surface area (Å²) in [7, 11) is 0. The van der Waals surface area contributed by atoms with Crippen molar-refractivity contribution >= 4 is 11.6 Å². The number of furan rings is 1. The Kier molecular flexibility index (Phi) is 4.45. The molecule has 1 unspecified atom stereocenters. The minimum absolute atomic E-state index is 0.417. The molecule has 1 N–H and O–H groups in total. The van der Waals surface area contributed by atoms with Crippen molar-refractivity contribution < 1.29 is 4.42 Å². The van der Waals surface area contributed by atoms with E-state index in [0.29, 0.717) is 6.04 Å². The summed E-state index contributed by atoms with van der Waals surface area (Å²) in [5.41, 5.74) is 0.946. The van der Waals surface area contributed by atoms with Crippen LogP contribution >= 0.6 is 11.6 Å². The molecule has 0 aliphatic heterocycles. The second-order valence-electron chi connectivity index (χ2n) is 4.41. The second kappa shape index (κ2) is 6.07. The molecule has 2 rings (SSSR count). The van der Waals surface area contributed by atoms with Gasteiger partial charge in [0.05, 0.1) is 5.02 Å². The molecule has 2 nitrogen and oxygen atoms in total. The Hall–Kier alpha value is -1.25. The predicted molar refractivity (Wildman–Crippen MR) is 76.0 cm³/mol. The van der Waals surface area contributed by atoms with Crippen LogP contribution in [0.25, 0.3) is 11.3 Å². The molecule has 2 aromatic rings. The minimum atomic E-state index is 0.417. The summed E-state index contributed by atoms with van der Waals surface area (Å²) >= 11 is 6.15. The zero-order valence-electron chi connectivity index (χ0n) is 10.7. The van der Waals surface area contributed by atoms with Crippen LogP contribution in [-0.4, -0.2) is 12.6 Å². The molecule has 1 aromatic heterocycles. The van der Waals surface area contributed by atoms with Crippen molar-refractivity contribution in [2.24, 2.45) is 0 Å². The van der Waals surface area contributed by atoms with Crippen LogP contribution in [0.3, 0.4) is 0 Å². The van der Waals surface area contributed by atoms with E-state index in [1.165, 1.54) is 0 Å². The van der Waals surface area contributed by atoms with Crippen LogP contribution in [0.4, 0.5) is 0 Å². The molecule has 18 heavy (non-hydrogen) atoms. The summed E-state index contributed by atoms with van der Waals surface area (Å²) in [5.74, 6) is 1.82. The van der Waals surface area contributed by atoms with E-state index in [0.717, 1.165) is 35.1 Å². The molecule has 0 saturated carbocycles. The lowest BCUT2D eigenvalue weighted by Gasteiger charge is -2.09. The molecule has 1 aromatic carbocycles. The summed E-state index contributed by atoms with van der Waals surface area (Å²) in [5, 5.41) is 4.09. The molecule has 1 atom stereocenters. The highest BCUT2D eigenvalue weighted by Gasteiger charge is 2.10. The molecule has 0 saturated heterocycles. The topological polar surface area (TPSA) is 25.2 Å². The molecule has 1 heterocycles. The maximum Gasteiger partial charge on any atom is 0.135 e. The lowest BCUT2D eigenvalue weighted by molar-refractivity contribution is 0.470. The molecule has 0 bridgehead atoms. The number of likely N-dealkylation sites (N-methyl/N-ethyl adjacent to an activating group) is 1. The van der Waals surface area contributed by atoms with Gasteiger partial charge >= 0.3 is 0 Å². The van der Waals surface area contributed by atoms with Gasteiger partial charge in [0.25, 0.3) is 0 Å². The van der Waals surface area contributed by atoms with E-state index in [-0.39, 0.29) is 0 Å². The first kappa shape index (κ1) is 13.2. The highest BCUT2D eigenvalue weighted by molar-refractivity contribution is 6.33. The second-order valence-corrected chi connectivity index (χ2v) is 4.82. The van der Waals surface area contributed by atoms with E-state index in [9.17, 15) is 0 Å². The van der Waals surface area contributed by atoms with Gasteiger partial charge in [-0.25, -0.2) is 0 Å². The molecule has 0 aliphatic carbocycles. The van der Waals surface area contributed by atoms with Gasteiger partial charge in [-0.15, -0.1) is 0 Å². The van der Waals surface area contributed by atoms with E-state index in [2.05, 4.69) is 19.2 Å². The lowest BCUT2D eigenvalue weighted by Crippen LogP contribution is -2.27. The van der Waals surface area contributed by atoms with Crippen molar-refractivity contribution in [1.29, 1.82) is 0 Å². The SMILES string of the molecule is CCNC(C)Cc1ccc(-c2ccccc2Cl)o1. The first-order valence-electron chi connectivity index (χ1n) is 6.27. The van der Waals surface area contributed by atoms with Gasteiger partial charge in [0.15, 0.2) is 0 Å². The minimum Gasteiger partial charge on any atom is -0.461 e. The van der Waals surface area contributed by atoms with Crippen LogP contribution in [0.5, 0.6) is 0 Å². The Morgan fingerprint density at radius 2 is 2.00 bits per heavy atom. The maximum absolute atomic E-state index is 6.15. The average molecular weight is 264 g/mol. The van der Waals surface area contributed by atoms with Crippen molar-refractivity contribution in [1.82, 2.24) is 5.32 Å². The maximum atomic E-state index is 6.15. The lowest BCUT2D eigenvalue weighted by atomic mass is 10.2. The van der Waals surface area contributed by atoms with Crippen molar-refractivity contribution in [2.75, 3.05) is 6.54 Å². The van der Waals surface area contributed by atoms with Crippen LogP contribution in [0.2, 0.25) is 5.02 Å². The summed E-state index contributed by atoms with van der Waals surface area (Å²) in [6, 6.07) is 12.1. The fourth-order valence-corrected chi connectivity index (χ4v) is 2.24. The van der Waals surface area contributed by atoms with Gasteiger partial charge in [-0.05, 0) is 37.7 Å². The standard InChI is InChI=1S/C15H18ClNO/c1-3-17-11(2)10-12-8-9-15(18-12)13-6-4-5-7-14(13)16/h4-9,11,17H,3,10H2,1-2H3. The smallest absolute Gasteiger partial charge is 0.135 e. The fourth-order valence-electron chi connectivity index (χ4n) is 2.02. The number of halogens is 1. The van der Waals surface area contributed by atoms with Crippen LogP contribution in [-0.2, 0) is 6.42 Å². The van der Waals surface area contributed by atoms with E-state index in [1.54, 1.807) is 0 Å². The summed E-state index contributed by atoms with van der Waals surface area (Å²) in [6.45, 7) is 5.23. The third-order valence-corrected chi connectivity index (χ3v) is 3.19. The van der Waals surface area contributed by atoms with Crippen LogP contribution in [0, 0.1) is 0 Å². The van der Waals surface area contributed by atoms with Crippen LogP contribution in [0.15, 0.2) is 40.8 Å². The molecule has 0 spiro atoms. The van der Waals surface area contributed by atoms with Crippen molar-refractivity contribution in [3.05, 3.63) is 47.2 Å². The number of hydrogen-bond donors (Lipinski definition) is 1. The summed E-state index contributed by atoms with van der Waals surface area (Å²) < 4.78 is 5.84. The van der Waals surface area contributed by atoms with Gasteiger partial charge in [0, 0.05) is 18.0 Å². The highest BCUT2D eigenvalue weighted by Crippen LogP contribution is 2.29. The van der Waals surface area contributed by atoms with E-state index < -0.39 is 0 Å². The highest BCUT2D eigenvalue weighted by atomic mass is 35.5. The van der Waals surface area contributed by atoms with Crippen molar-refractivity contribution in [3.8, 4) is 11.3 Å². The van der Waals surface area contributed by atoms with Crippen molar-refractivity contribution in [2.45, 2.75) is 26.3 Å². The third-order valence-electron chi connectivity index (χ3n) is 2.86. The number of rotatable bonds is 5. The van der Waals surface area contributed by atoms with Gasteiger partial charge in [0.1, 0.15) is 11.5 Å². The fraction of sp³-hybridized carbons (Fsp3) is 0.333. The monoisotopic (exact) mass is 263 g/mol. The van der Waals surface area contributed by atoms with Gasteiger partial charge in [-0.3, -0.25) is 0 Å². The summed E-state index contributed by atoms with van der Waals surface area (Å²) in [6.07, 6.45) is 0.887. The molecule has 0 fully saturated rings. The number of nitrogens with one attached hydrogen (secondary N) is 1. The first-order valence-corrected chi connectivity index (χ1v) is 6.65. The van der Waals surface area contributed by atoms with E-state index in [1.807, 2.05) is 36.4 Å².